The van der Waals surface area contributed by atoms with E-state index >= 15 is 0 Å². The molecule has 4 rings (SSSR count). The molecule has 1 aliphatic heterocycles. The van der Waals surface area contributed by atoms with Crippen molar-refractivity contribution in [3.8, 4) is 0 Å². The van der Waals surface area contributed by atoms with E-state index in [0.717, 1.165) is 37.7 Å². The fourth-order valence-corrected chi connectivity index (χ4v) is 4.50. The van der Waals surface area contributed by atoms with Crippen molar-refractivity contribution in [3.05, 3.63) is 65.0 Å². The third-order valence-electron chi connectivity index (χ3n) is 6.13. The minimum absolute atomic E-state index is 0.0814. The van der Waals surface area contributed by atoms with Gasteiger partial charge in [-0.15, -0.1) is 0 Å². The molecule has 1 saturated carbocycles. The number of carbonyl (C=O) groups is 2. The number of rotatable bonds is 4. The van der Waals surface area contributed by atoms with Crippen molar-refractivity contribution in [2.75, 3.05) is 5.32 Å². The summed E-state index contributed by atoms with van der Waals surface area (Å²) in [6, 6.07) is 12.3. The standard InChI is InChI=1S/C23H26FN3O2/c1-14-9-10-17(13-20(14)24)25-22(28)16-6-4-5-15(11-16)12-21-18-7-2-3-8-19(18)23(29)27-26-21/h4-6,9-11,13,18-19,21,26H,2-3,7-8,12H2,1H3,(H,25,28)(H,27,29). The number of nitrogens with one attached hydrogen (secondary N) is 3. The van der Waals surface area contributed by atoms with Crippen LogP contribution in [-0.2, 0) is 11.2 Å². The maximum atomic E-state index is 13.7. The Bertz CT molecular complexity index is 930. The van der Waals surface area contributed by atoms with Crippen molar-refractivity contribution in [1.29, 1.82) is 0 Å². The molecule has 2 fully saturated rings. The molecule has 0 aromatic heterocycles. The lowest BCUT2D eigenvalue weighted by atomic mass is 9.72. The molecule has 3 atom stereocenters. The highest BCUT2D eigenvalue weighted by molar-refractivity contribution is 6.04. The molecule has 152 valence electrons. The van der Waals surface area contributed by atoms with Crippen LogP contribution in [-0.4, -0.2) is 17.9 Å². The maximum Gasteiger partial charge on any atom is 0.255 e. The predicted molar refractivity (Wildman–Crippen MR) is 110 cm³/mol. The highest BCUT2D eigenvalue weighted by atomic mass is 19.1. The van der Waals surface area contributed by atoms with Gasteiger partial charge in [0.1, 0.15) is 5.82 Å². The molecule has 6 heteroatoms. The van der Waals surface area contributed by atoms with Gasteiger partial charge in [0, 0.05) is 23.2 Å². The van der Waals surface area contributed by atoms with Crippen molar-refractivity contribution >= 4 is 17.5 Å². The summed E-state index contributed by atoms with van der Waals surface area (Å²) in [7, 11) is 0. The molecule has 2 amide bonds. The zero-order chi connectivity index (χ0) is 20.4. The maximum absolute atomic E-state index is 13.7. The Morgan fingerprint density at radius 1 is 1.17 bits per heavy atom. The minimum Gasteiger partial charge on any atom is -0.322 e. The first-order valence-electron chi connectivity index (χ1n) is 10.2. The van der Waals surface area contributed by atoms with E-state index in [-0.39, 0.29) is 29.6 Å². The Balaban J connectivity index is 1.46. The van der Waals surface area contributed by atoms with Crippen molar-refractivity contribution in [2.45, 2.75) is 45.1 Å². The van der Waals surface area contributed by atoms with Gasteiger partial charge in [-0.2, -0.15) is 0 Å². The molecule has 3 unspecified atom stereocenters. The van der Waals surface area contributed by atoms with E-state index in [4.69, 9.17) is 0 Å². The number of carbonyl (C=O) groups excluding carboxylic acids is 2. The number of hydrogen-bond donors (Lipinski definition) is 3. The molecule has 0 bridgehead atoms. The van der Waals surface area contributed by atoms with E-state index in [2.05, 4.69) is 16.2 Å². The number of hydrogen-bond acceptors (Lipinski definition) is 3. The van der Waals surface area contributed by atoms with E-state index < -0.39 is 0 Å². The Labute approximate surface area is 170 Å². The van der Waals surface area contributed by atoms with E-state index in [1.54, 1.807) is 25.1 Å². The van der Waals surface area contributed by atoms with Gasteiger partial charge in [0.25, 0.3) is 5.91 Å². The Kier molecular flexibility index (Phi) is 5.62. The summed E-state index contributed by atoms with van der Waals surface area (Å²) in [5.74, 6) is -0.104. The molecular weight excluding hydrogens is 369 g/mol. The van der Waals surface area contributed by atoms with Crippen molar-refractivity contribution in [3.63, 3.8) is 0 Å². The first kappa shape index (κ1) is 19.6. The van der Waals surface area contributed by atoms with Crippen LogP contribution in [0.2, 0.25) is 0 Å². The van der Waals surface area contributed by atoms with Crippen LogP contribution in [0.5, 0.6) is 0 Å². The molecule has 5 nitrogen and oxygen atoms in total. The van der Waals surface area contributed by atoms with Gasteiger partial charge in [0.15, 0.2) is 0 Å². The third kappa shape index (κ3) is 4.32. The zero-order valence-corrected chi connectivity index (χ0v) is 16.5. The topological polar surface area (TPSA) is 70.2 Å². The van der Waals surface area contributed by atoms with Crippen molar-refractivity contribution < 1.29 is 14.0 Å². The van der Waals surface area contributed by atoms with Gasteiger partial charge >= 0.3 is 0 Å². The smallest absolute Gasteiger partial charge is 0.255 e. The monoisotopic (exact) mass is 395 g/mol. The van der Waals surface area contributed by atoms with Gasteiger partial charge in [0.05, 0.1) is 0 Å². The predicted octanol–water partition coefficient (Wildman–Crippen LogP) is 3.74. The first-order chi connectivity index (χ1) is 14.0. The quantitative estimate of drug-likeness (QED) is 0.739. The summed E-state index contributed by atoms with van der Waals surface area (Å²) >= 11 is 0. The second-order valence-electron chi connectivity index (χ2n) is 8.12. The lowest BCUT2D eigenvalue weighted by molar-refractivity contribution is -0.133. The largest absolute Gasteiger partial charge is 0.322 e. The fraction of sp³-hybridized carbons (Fsp3) is 0.391. The summed E-state index contributed by atoms with van der Waals surface area (Å²) < 4.78 is 13.7. The highest BCUT2D eigenvalue weighted by Crippen LogP contribution is 2.35. The van der Waals surface area contributed by atoms with Crippen molar-refractivity contribution in [2.24, 2.45) is 11.8 Å². The van der Waals surface area contributed by atoms with Crippen LogP contribution in [0.15, 0.2) is 42.5 Å². The number of anilines is 1. The number of amides is 2. The van der Waals surface area contributed by atoms with E-state index in [1.165, 1.54) is 6.07 Å². The average molecular weight is 395 g/mol. The molecular formula is C23H26FN3O2. The SMILES string of the molecule is Cc1ccc(NC(=O)c2cccc(CC3NNC(=O)C4CCCCC34)c2)cc1F. The number of aryl methyl sites for hydroxylation is 1. The normalized spacial score (nSPS) is 23.8. The average Bonchev–Trinajstić information content (AvgIpc) is 2.73. The third-order valence-corrected chi connectivity index (χ3v) is 6.13. The van der Waals surface area contributed by atoms with Gasteiger partial charge in [-0.3, -0.25) is 15.0 Å². The lowest BCUT2D eigenvalue weighted by Gasteiger charge is -2.41. The molecule has 1 saturated heterocycles. The molecule has 0 spiro atoms. The van der Waals surface area contributed by atoms with Gasteiger partial charge in [-0.25, -0.2) is 9.82 Å². The van der Waals surface area contributed by atoms with Crippen LogP contribution in [0.1, 0.15) is 47.2 Å². The summed E-state index contributed by atoms with van der Waals surface area (Å²) in [6.07, 6.45) is 5.00. The molecule has 3 N–H and O–H groups in total. The number of halogens is 1. The van der Waals surface area contributed by atoms with Crippen molar-refractivity contribution in [1.82, 2.24) is 10.9 Å². The first-order valence-corrected chi connectivity index (χ1v) is 10.2. The van der Waals surface area contributed by atoms with E-state index in [1.807, 2.05) is 18.2 Å². The molecule has 1 aliphatic carbocycles. The Hall–Kier alpha value is -2.73. The fourth-order valence-electron chi connectivity index (χ4n) is 4.50. The summed E-state index contributed by atoms with van der Waals surface area (Å²) in [5.41, 5.74) is 8.54. The van der Waals surface area contributed by atoms with Crippen LogP contribution in [0.25, 0.3) is 0 Å². The summed E-state index contributed by atoms with van der Waals surface area (Å²) in [6.45, 7) is 1.68. The van der Waals surface area contributed by atoms with Gasteiger partial charge in [-0.1, -0.05) is 31.0 Å². The summed E-state index contributed by atoms with van der Waals surface area (Å²) in [5, 5.41) is 2.76. The minimum atomic E-state index is -0.344. The van der Waals surface area contributed by atoms with Crippen LogP contribution >= 0.6 is 0 Å². The van der Waals surface area contributed by atoms with Crippen LogP contribution < -0.4 is 16.2 Å². The van der Waals surface area contributed by atoms with Crippen LogP contribution in [0.3, 0.4) is 0 Å². The zero-order valence-electron chi connectivity index (χ0n) is 16.5. The number of hydrazine groups is 1. The van der Waals surface area contributed by atoms with Crippen LogP contribution in [0, 0.1) is 24.6 Å². The molecule has 29 heavy (non-hydrogen) atoms. The van der Waals surface area contributed by atoms with Gasteiger partial charge in [0.2, 0.25) is 5.91 Å². The number of fused-ring (bicyclic) bond motifs is 1. The van der Waals surface area contributed by atoms with E-state index in [9.17, 15) is 14.0 Å². The lowest BCUT2D eigenvalue weighted by Crippen LogP contribution is -2.60. The Morgan fingerprint density at radius 3 is 2.83 bits per heavy atom. The second-order valence-corrected chi connectivity index (χ2v) is 8.12. The van der Waals surface area contributed by atoms with Gasteiger partial charge in [-0.05, 0) is 67.5 Å². The highest BCUT2D eigenvalue weighted by Gasteiger charge is 2.39. The van der Waals surface area contributed by atoms with Gasteiger partial charge < -0.3 is 5.32 Å². The Morgan fingerprint density at radius 2 is 2.00 bits per heavy atom. The second kappa shape index (κ2) is 8.33. The molecule has 1 heterocycles. The van der Waals surface area contributed by atoms with Crippen LogP contribution in [0.4, 0.5) is 10.1 Å². The molecule has 0 radical (unpaired) electrons. The molecule has 2 aliphatic rings. The summed E-state index contributed by atoms with van der Waals surface area (Å²) in [4.78, 5) is 24.8. The molecule has 2 aromatic rings. The molecule has 2 aromatic carbocycles. The van der Waals surface area contributed by atoms with E-state index in [0.29, 0.717) is 22.7 Å². The number of benzene rings is 2.